The van der Waals surface area contributed by atoms with E-state index in [-0.39, 0.29) is 72.3 Å². The Kier molecular flexibility index (Phi) is 39.0. The normalized spacial score (nSPS) is 11.2. The monoisotopic (exact) mass is 548 g/mol. The van der Waals surface area contributed by atoms with E-state index in [1.54, 1.807) is 0 Å². The number of hydrogen-bond acceptors (Lipinski definition) is 8. The quantitative estimate of drug-likeness (QED) is 0.0799. The van der Waals surface area contributed by atoms with Crippen LogP contribution in [0, 0.1) is 0 Å². The second-order valence-electron chi connectivity index (χ2n) is 8.12. The van der Waals surface area contributed by atoms with Crippen molar-refractivity contribution in [3.05, 3.63) is 0 Å². The van der Waals surface area contributed by atoms with E-state index >= 15 is 0 Å². The molecule has 0 radical (unpaired) electrons. The fourth-order valence-electron chi connectivity index (χ4n) is 3.15. The van der Waals surface area contributed by atoms with Gasteiger partial charge in [0.2, 0.25) is 20.8 Å². The summed E-state index contributed by atoms with van der Waals surface area (Å²) < 4.78 is 68.7. The van der Waals surface area contributed by atoms with E-state index in [0.29, 0.717) is 12.8 Å². The van der Waals surface area contributed by atoms with Gasteiger partial charge in [-0.15, -0.1) is 0 Å². The van der Waals surface area contributed by atoms with Crippen LogP contribution >= 0.6 is 0 Å². The van der Waals surface area contributed by atoms with Crippen LogP contribution in [0.25, 0.3) is 0 Å². The fourth-order valence-corrected chi connectivity index (χ4v) is 3.79. The van der Waals surface area contributed by atoms with Crippen molar-refractivity contribution in [2.45, 2.75) is 129 Å². The Hall–Kier alpha value is 1.74. The first-order chi connectivity index (χ1) is 15.1. The predicted octanol–water partition coefficient (Wildman–Crippen LogP) is -0.00400. The molecule has 0 N–H and O–H groups in total. The first-order valence-electron chi connectivity index (χ1n) is 12.3. The maximum absolute atomic E-state index is 10.1. The van der Waals surface area contributed by atoms with Gasteiger partial charge in [-0.3, -0.25) is 8.37 Å². The smallest absolute Gasteiger partial charge is 0.726 e. The first kappa shape index (κ1) is 42.8. The standard InChI is InChI=1S/C12H26O4S.C10H22O4S.2Na/c1-2-3-4-5-6-7-8-9-10-11-12-16-17(13,14)15;1-2-3-4-5-6-7-8-9-10-14-15(11,12)13;;/h2-12H2,1H3,(H,13,14,15);2-10H2,1H3,(H,11,12,13);;/q;;2*+1/p-2. The summed E-state index contributed by atoms with van der Waals surface area (Å²) in [6.45, 7) is 4.45. The summed E-state index contributed by atoms with van der Waals surface area (Å²) in [5, 5.41) is 0. The van der Waals surface area contributed by atoms with Crippen molar-refractivity contribution in [3.8, 4) is 0 Å². The molecule has 0 amide bonds. The topological polar surface area (TPSA) is 133 Å². The summed E-state index contributed by atoms with van der Waals surface area (Å²) >= 11 is 0. The molecule has 0 aromatic rings. The SMILES string of the molecule is CCCCCCCCCCCCOS(=O)(=O)[O-].CCCCCCCCCCOS(=O)(=O)[O-].[Na+].[Na+]. The minimum atomic E-state index is -4.48. The Balaban J connectivity index is -0.000000252. The molecule has 0 atom stereocenters. The third-order valence-electron chi connectivity index (χ3n) is 4.95. The Morgan fingerprint density at radius 3 is 0.853 bits per heavy atom. The van der Waals surface area contributed by atoms with Gasteiger partial charge in [0.15, 0.2) is 0 Å². The van der Waals surface area contributed by atoms with Crippen LogP contribution < -0.4 is 59.1 Å². The van der Waals surface area contributed by atoms with E-state index in [0.717, 1.165) is 25.7 Å². The molecule has 0 rings (SSSR count). The van der Waals surface area contributed by atoms with Gasteiger partial charge in [0.05, 0.1) is 13.2 Å². The minimum Gasteiger partial charge on any atom is -0.726 e. The first-order valence-corrected chi connectivity index (χ1v) is 15.0. The molecule has 0 aromatic heterocycles. The molecule has 0 fully saturated rings. The summed E-state index contributed by atoms with van der Waals surface area (Å²) in [6.07, 6.45) is 20.6. The number of rotatable bonds is 22. The molecule has 0 saturated carbocycles. The minimum absolute atomic E-state index is 0. The second kappa shape index (κ2) is 31.0. The summed E-state index contributed by atoms with van der Waals surface area (Å²) in [5.41, 5.74) is 0. The molecule has 34 heavy (non-hydrogen) atoms. The summed E-state index contributed by atoms with van der Waals surface area (Å²) in [6, 6.07) is 0. The van der Waals surface area contributed by atoms with Crippen LogP contribution in [0.15, 0.2) is 0 Å². The van der Waals surface area contributed by atoms with Gasteiger partial charge in [-0.25, -0.2) is 16.8 Å². The molecule has 0 bridgehead atoms. The molecular formula is C22H46Na2O8S2. The molecule has 196 valence electrons. The maximum atomic E-state index is 10.1. The van der Waals surface area contributed by atoms with Crippen molar-refractivity contribution >= 4 is 20.8 Å². The van der Waals surface area contributed by atoms with E-state index in [1.807, 2.05) is 0 Å². The zero-order chi connectivity index (χ0) is 24.6. The van der Waals surface area contributed by atoms with Crippen LogP contribution in [0.5, 0.6) is 0 Å². The maximum Gasteiger partial charge on any atom is 1.00 e. The molecule has 0 spiro atoms. The van der Waals surface area contributed by atoms with Gasteiger partial charge in [-0.1, -0.05) is 117 Å². The molecular weight excluding hydrogens is 502 g/mol. The van der Waals surface area contributed by atoms with Crippen molar-refractivity contribution in [2.75, 3.05) is 13.2 Å². The molecule has 0 unspecified atom stereocenters. The summed E-state index contributed by atoms with van der Waals surface area (Å²) in [5.74, 6) is 0. The van der Waals surface area contributed by atoms with Crippen LogP contribution in [0.4, 0.5) is 0 Å². The Morgan fingerprint density at radius 2 is 0.647 bits per heavy atom. The molecule has 12 heteroatoms. The van der Waals surface area contributed by atoms with E-state index in [4.69, 9.17) is 0 Å². The van der Waals surface area contributed by atoms with Crippen molar-refractivity contribution in [3.63, 3.8) is 0 Å². The van der Waals surface area contributed by atoms with Crippen LogP contribution in [0.3, 0.4) is 0 Å². The summed E-state index contributed by atoms with van der Waals surface area (Å²) in [4.78, 5) is 0. The van der Waals surface area contributed by atoms with Gasteiger partial charge >= 0.3 is 59.1 Å². The van der Waals surface area contributed by atoms with E-state index in [9.17, 15) is 25.9 Å². The number of hydrogen-bond donors (Lipinski definition) is 0. The molecule has 0 heterocycles. The Morgan fingerprint density at radius 1 is 0.441 bits per heavy atom. The largest absolute Gasteiger partial charge is 1.00 e. The van der Waals surface area contributed by atoms with Crippen LogP contribution in [-0.2, 0) is 29.2 Å². The molecule has 0 aliphatic heterocycles. The average Bonchev–Trinajstić information content (AvgIpc) is 2.70. The Labute approximate surface area is 254 Å². The van der Waals surface area contributed by atoms with Gasteiger partial charge in [0.25, 0.3) is 0 Å². The number of unbranched alkanes of at least 4 members (excludes halogenated alkanes) is 16. The van der Waals surface area contributed by atoms with Crippen LogP contribution in [0.2, 0.25) is 0 Å². The van der Waals surface area contributed by atoms with Crippen molar-refractivity contribution in [2.24, 2.45) is 0 Å². The van der Waals surface area contributed by atoms with Crippen LogP contribution in [-0.4, -0.2) is 39.2 Å². The van der Waals surface area contributed by atoms with Gasteiger partial charge in [0.1, 0.15) is 0 Å². The van der Waals surface area contributed by atoms with E-state index < -0.39 is 20.8 Å². The molecule has 0 aliphatic rings. The Bertz CT molecular complexity index is 588. The second-order valence-corrected chi connectivity index (χ2v) is 10.2. The van der Waals surface area contributed by atoms with Crippen molar-refractivity contribution < 1.29 is 93.4 Å². The van der Waals surface area contributed by atoms with Crippen molar-refractivity contribution in [1.29, 1.82) is 0 Å². The molecule has 8 nitrogen and oxygen atoms in total. The zero-order valence-electron chi connectivity index (χ0n) is 22.2. The third-order valence-corrected chi connectivity index (χ3v) is 5.86. The zero-order valence-corrected chi connectivity index (χ0v) is 27.9. The van der Waals surface area contributed by atoms with Gasteiger partial charge < -0.3 is 9.11 Å². The van der Waals surface area contributed by atoms with Crippen LogP contribution in [0.1, 0.15) is 129 Å². The molecule has 0 aliphatic carbocycles. The summed E-state index contributed by atoms with van der Waals surface area (Å²) in [7, 11) is -8.96. The predicted molar refractivity (Wildman–Crippen MR) is 126 cm³/mol. The van der Waals surface area contributed by atoms with E-state index in [2.05, 4.69) is 22.2 Å². The fraction of sp³-hybridized carbons (Fsp3) is 1.00. The van der Waals surface area contributed by atoms with Gasteiger partial charge in [-0.05, 0) is 12.8 Å². The van der Waals surface area contributed by atoms with Gasteiger partial charge in [0, 0.05) is 0 Å². The third kappa shape index (κ3) is 47.0. The van der Waals surface area contributed by atoms with Crippen molar-refractivity contribution in [1.82, 2.24) is 0 Å². The van der Waals surface area contributed by atoms with E-state index in [1.165, 1.54) is 77.0 Å². The van der Waals surface area contributed by atoms with Gasteiger partial charge in [-0.2, -0.15) is 0 Å². The average molecular weight is 549 g/mol. The molecule has 0 aromatic carbocycles. The molecule has 0 saturated heterocycles.